The number of amides is 1. The summed E-state index contributed by atoms with van der Waals surface area (Å²) in [7, 11) is 0. The molecule has 0 saturated carbocycles. The van der Waals surface area contributed by atoms with Gasteiger partial charge in [0.25, 0.3) is 0 Å². The topological polar surface area (TPSA) is 118 Å². The molecule has 2 aromatic rings. The lowest BCUT2D eigenvalue weighted by Gasteiger charge is -2.18. The van der Waals surface area contributed by atoms with Gasteiger partial charge >= 0.3 is 5.97 Å². The van der Waals surface area contributed by atoms with E-state index in [2.05, 4.69) is 15.3 Å². The summed E-state index contributed by atoms with van der Waals surface area (Å²) in [6.45, 7) is 0. The predicted octanol–water partition coefficient (Wildman–Crippen LogP) is 0.159. The quantitative estimate of drug-likeness (QED) is 0.670. The number of pyridine rings is 2. The summed E-state index contributed by atoms with van der Waals surface area (Å²) in [5.41, 5.74) is 7.38. The molecule has 0 aromatic carbocycles. The summed E-state index contributed by atoms with van der Waals surface area (Å²) in [5, 5.41) is 11.7. The van der Waals surface area contributed by atoms with Crippen molar-refractivity contribution < 1.29 is 14.7 Å². The van der Waals surface area contributed by atoms with Gasteiger partial charge < -0.3 is 16.2 Å². The van der Waals surface area contributed by atoms with Crippen molar-refractivity contribution in [2.45, 2.75) is 24.9 Å². The molecule has 2 rings (SSSR count). The van der Waals surface area contributed by atoms with Gasteiger partial charge in [-0.05, 0) is 29.7 Å². The van der Waals surface area contributed by atoms with Crippen molar-refractivity contribution in [2.75, 3.05) is 0 Å². The summed E-state index contributed by atoms with van der Waals surface area (Å²) < 4.78 is 0. The Balaban J connectivity index is 1.96. The highest BCUT2D eigenvalue weighted by molar-refractivity contribution is 5.87. The first-order valence-corrected chi connectivity index (χ1v) is 7.13. The van der Waals surface area contributed by atoms with Crippen molar-refractivity contribution in [3.8, 4) is 0 Å². The molecule has 0 spiro atoms. The molecule has 1 amide bonds. The van der Waals surface area contributed by atoms with Crippen molar-refractivity contribution in [2.24, 2.45) is 5.73 Å². The number of carbonyl (C=O) groups is 2. The highest BCUT2D eigenvalue weighted by Crippen LogP contribution is 2.04. The SMILES string of the molecule is N[C@@H](Cc1cccnc1)C(=O)N[C@@H](Cc1cccnc1)C(=O)O. The fraction of sp³-hybridized carbons (Fsp3) is 0.250. The molecule has 0 bridgehead atoms. The first-order chi connectivity index (χ1) is 11.1. The molecule has 0 aliphatic rings. The van der Waals surface area contributed by atoms with Crippen LogP contribution in [0.15, 0.2) is 49.1 Å². The largest absolute Gasteiger partial charge is 0.480 e. The van der Waals surface area contributed by atoms with Crippen LogP contribution in [0.3, 0.4) is 0 Å². The second kappa shape index (κ2) is 8.00. The van der Waals surface area contributed by atoms with Gasteiger partial charge in [-0.15, -0.1) is 0 Å². The van der Waals surface area contributed by atoms with E-state index >= 15 is 0 Å². The van der Waals surface area contributed by atoms with E-state index in [4.69, 9.17) is 5.73 Å². The van der Waals surface area contributed by atoms with Gasteiger partial charge in [0.15, 0.2) is 0 Å². The number of nitrogens with zero attached hydrogens (tertiary/aromatic N) is 2. The van der Waals surface area contributed by atoms with E-state index in [9.17, 15) is 14.7 Å². The fourth-order valence-corrected chi connectivity index (χ4v) is 2.10. The Labute approximate surface area is 133 Å². The number of hydrogen-bond acceptors (Lipinski definition) is 5. The number of carbonyl (C=O) groups excluding carboxylic acids is 1. The number of carboxylic acid groups (broad SMARTS) is 1. The Kier molecular flexibility index (Phi) is 5.76. The van der Waals surface area contributed by atoms with Gasteiger partial charge in [-0.2, -0.15) is 0 Å². The lowest BCUT2D eigenvalue weighted by molar-refractivity contribution is -0.141. The molecule has 0 radical (unpaired) electrons. The van der Waals surface area contributed by atoms with Crippen molar-refractivity contribution in [3.05, 3.63) is 60.2 Å². The zero-order valence-corrected chi connectivity index (χ0v) is 12.4. The number of carboxylic acids is 1. The molecule has 0 saturated heterocycles. The first-order valence-electron chi connectivity index (χ1n) is 7.13. The van der Waals surface area contributed by atoms with E-state index in [0.29, 0.717) is 6.42 Å². The van der Waals surface area contributed by atoms with Gasteiger partial charge in [-0.25, -0.2) is 4.79 Å². The van der Waals surface area contributed by atoms with Crippen LogP contribution >= 0.6 is 0 Å². The van der Waals surface area contributed by atoms with Crippen LogP contribution < -0.4 is 11.1 Å². The average Bonchev–Trinajstić information content (AvgIpc) is 2.56. The zero-order chi connectivity index (χ0) is 16.7. The van der Waals surface area contributed by atoms with Crippen molar-refractivity contribution in [1.29, 1.82) is 0 Å². The second-order valence-corrected chi connectivity index (χ2v) is 5.14. The number of rotatable bonds is 7. The normalized spacial score (nSPS) is 13.1. The lowest BCUT2D eigenvalue weighted by Crippen LogP contribution is -2.50. The number of aliphatic carboxylic acids is 1. The van der Waals surface area contributed by atoms with E-state index in [-0.39, 0.29) is 6.42 Å². The summed E-state index contributed by atoms with van der Waals surface area (Å²) in [6, 6.07) is 5.14. The molecule has 2 atom stereocenters. The van der Waals surface area contributed by atoms with Crippen molar-refractivity contribution >= 4 is 11.9 Å². The third-order valence-electron chi connectivity index (χ3n) is 3.29. The molecule has 2 aromatic heterocycles. The van der Waals surface area contributed by atoms with Gasteiger partial charge in [0.1, 0.15) is 6.04 Å². The van der Waals surface area contributed by atoms with Crippen LogP contribution in [0.5, 0.6) is 0 Å². The molecule has 23 heavy (non-hydrogen) atoms. The number of aromatic nitrogens is 2. The van der Waals surface area contributed by atoms with Gasteiger partial charge in [-0.1, -0.05) is 12.1 Å². The van der Waals surface area contributed by atoms with Gasteiger partial charge in [-0.3, -0.25) is 14.8 Å². The third-order valence-corrected chi connectivity index (χ3v) is 3.29. The van der Waals surface area contributed by atoms with E-state index in [1.54, 1.807) is 43.0 Å². The maximum atomic E-state index is 12.1. The number of nitrogens with two attached hydrogens (primary N) is 1. The molecule has 0 unspecified atom stereocenters. The molecule has 120 valence electrons. The van der Waals surface area contributed by atoms with Crippen LogP contribution in [-0.4, -0.2) is 39.0 Å². The number of hydrogen-bond donors (Lipinski definition) is 3. The molecule has 7 nitrogen and oxygen atoms in total. The van der Waals surface area contributed by atoms with Crippen LogP contribution in [0.1, 0.15) is 11.1 Å². The first kappa shape index (κ1) is 16.6. The monoisotopic (exact) mass is 314 g/mol. The summed E-state index contributed by atoms with van der Waals surface area (Å²) in [4.78, 5) is 31.3. The Morgan fingerprint density at radius 1 is 1.09 bits per heavy atom. The van der Waals surface area contributed by atoms with E-state index in [1.165, 1.54) is 0 Å². The van der Waals surface area contributed by atoms with E-state index < -0.39 is 24.0 Å². The summed E-state index contributed by atoms with van der Waals surface area (Å²) >= 11 is 0. The maximum absolute atomic E-state index is 12.1. The van der Waals surface area contributed by atoms with E-state index in [0.717, 1.165) is 11.1 Å². The fourth-order valence-electron chi connectivity index (χ4n) is 2.10. The highest BCUT2D eigenvalue weighted by atomic mass is 16.4. The number of nitrogens with one attached hydrogen (secondary N) is 1. The Hall–Kier alpha value is -2.80. The minimum atomic E-state index is -1.12. The molecule has 0 fully saturated rings. The van der Waals surface area contributed by atoms with Crippen molar-refractivity contribution in [3.63, 3.8) is 0 Å². The van der Waals surface area contributed by atoms with Crippen LogP contribution in [0.2, 0.25) is 0 Å². The Morgan fingerprint density at radius 3 is 2.13 bits per heavy atom. The predicted molar refractivity (Wildman–Crippen MR) is 83.4 cm³/mol. The molecule has 7 heteroatoms. The Bertz CT molecular complexity index is 649. The minimum Gasteiger partial charge on any atom is -0.480 e. The van der Waals surface area contributed by atoms with Crippen LogP contribution in [0.4, 0.5) is 0 Å². The highest BCUT2D eigenvalue weighted by Gasteiger charge is 2.23. The molecule has 0 aliphatic carbocycles. The molecule has 0 aliphatic heterocycles. The molecular formula is C16H18N4O3. The summed E-state index contributed by atoms with van der Waals surface area (Å²) in [5.74, 6) is -1.62. The van der Waals surface area contributed by atoms with Crippen LogP contribution in [-0.2, 0) is 22.4 Å². The maximum Gasteiger partial charge on any atom is 0.326 e. The molecular weight excluding hydrogens is 296 g/mol. The molecule has 2 heterocycles. The van der Waals surface area contributed by atoms with Gasteiger partial charge in [0.05, 0.1) is 6.04 Å². The minimum absolute atomic E-state index is 0.147. The van der Waals surface area contributed by atoms with E-state index in [1.807, 2.05) is 6.07 Å². The van der Waals surface area contributed by atoms with Gasteiger partial charge in [0.2, 0.25) is 5.91 Å². The van der Waals surface area contributed by atoms with Crippen LogP contribution in [0.25, 0.3) is 0 Å². The lowest BCUT2D eigenvalue weighted by atomic mass is 10.1. The second-order valence-electron chi connectivity index (χ2n) is 5.14. The smallest absolute Gasteiger partial charge is 0.326 e. The zero-order valence-electron chi connectivity index (χ0n) is 12.4. The van der Waals surface area contributed by atoms with Crippen molar-refractivity contribution in [1.82, 2.24) is 15.3 Å². The van der Waals surface area contributed by atoms with Gasteiger partial charge in [0, 0.05) is 31.2 Å². The van der Waals surface area contributed by atoms with Crippen LogP contribution in [0, 0.1) is 0 Å². The standard InChI is InChI=1S/C16H18N4O3/c17-13(7-11-3-1-5-18-9-11)15(21)20-14(16(22)23)8-12-4-2-6-19-10-12/h1-6,9-10,13-14H,7-8,17H2,(H,20,21)(H,22,23)/t13-,14-/m0/s1. The average molecular weight is 314 g/mol. The third kappa shape index (κ3) is 5.15. The molecule has 4 N–H and O–H groups in total. The summed E-state index contributed by atoms with van der Waals surface area (Å²) in [6.07, 6.45) is 6.85. The Morgan fingerprint density at radius 2 is 1.65 bits per heavy atom.